The van der Waals surface area contributed by atoms with E-state index in [2.05, 4.69) is 20.4 Å². The van der Waals surface area contributed by atoms with Gasteiger partial charge in [-0.2, -0.15) is 4.98 Å². The van der Waals surface area contributed by atoms with E-state index in [1.807, 2.05) is 19.9 Å². The standard InChI is InChI=1S/C12H15N5O3/c1-7-6-8(2)17-12(14-7)15-10(16-17)11(20)13-5-3-4-9(18)19/h6H,3-5H2,1-2H3,(H,13,20)(H,18,19). The lowest BCUT2D eigenvalue weighted by molar-refractivity contribution is -0.137. The van der Waals surface area contributed by atoms with E-state index < -0.39 is 11.9 Å². The fourth-order valence-corrected chi connectivity index (χ4v) is 1.78. The Morgan fingerprint density at radius 1 is 1.35 bits per heavy atom. The van der Waals surface area contributed by atoms with Gasteiger partial charge in [0.2, 0.25) is 5.82 Å². The van der Waals surface area contributed by atoms with E-state index in [0.29, 0.717) is 12.2 Å². The van der Waals surface area contributed by atoms with Crippen LogP contribution in [0.4, 0.5) is 0 Å². The van der Waals surface area contributed by atoms with Gasteiger partial charge in [0.25, 0.3) is 11.7 Å². The Morgan fingerprint density at radius 2 is 2.10 bits per heavy atom. The van der Waals surface area contributed by atoms with Crippen LogP contribution in [0.3, 0.4) is 0 Å². The monoisotopic (exact) mass is 277 g/mol. The van der Waals surface area contributed by atoms with Crippen molar-refractivity contribution in [1.29, 1.82) is 0 Å². The first-order valence-electron chi connectivity index (χ1n) is 6.18. The van der Waals surface area contributed by atoms with Crippen molar-refractivity contribution >= 4 is 17.7 Å². The molecule has 0 aliphatic rings. The lowest BCUT2D eigenvalue weighted by atomic mass is 10.3. The lowest BCUT2D eigenvalue weighted by Crippen LogP contribution is -2.26. The molecule has 0 aliphatic carbocycles. The average Bonchev–Trinajstić information content (AvgIpc) is 2.78. The van der Waals surface area contributed by atoms with Crippen LogP contribution in [0.15, 0.2) is 6.07 Å². The second kappa shape index (κ2) is 5.64. The Morgan fingerprint density at radius 3 is 2.80 bits per heavy atom. The third-order valence-electron chi connectivity index (χ3n) is 2.67. The Kier molecular flexibility index (Phi) is 3.92. The molecule has 20 heavy (non-hydrogen) atoms. The number of fused-ring (bicyclic) bond motifs is 1. The minimum absolute atomic E-state index is 0.0126. The van der Waals surface area contributed by atoms with E-state index in [1.54, 1.807) is 0 Å². The van der Waals surface area contributed by atoms with Gasteiger partial charge in [0.05, 0.1) is 0 Å². The summed E-state index contributed by atoms with van der Waals surface area (Å²) in [5, 5.41) is 15.2. The minimum atomic E-state index is -0.889. The maximum absolute atomic E-state index is 11.8. The van der Waals surface area contributed by atoms with Gasteiger partial charge in [-0.15, -0.1) is 5.10 Å². The highest BCUT2D eigenvalue weighted by Gasteiger charge is 2.14. The third-order valence-corrected chi connectivity index (χ3v) is 2.67. The molecule has 0 spiro atoms. The van der Waals surface area contributed by atoms with Crippen LogP contribution in [0.1, 0.15) is 34.8 Å². The zero-order valence-corrected chi connectivity index (χ0v) is 11.3. The van der Waals surface area contributed by atoms with Crippen LogP contribution in [0, 0.1) is 13.8 Å². The highest BCUT2D eigenvalue weighted by molar-refractivity contribution is 5.90. The van der Waals surface area contributed by atoms with E-state index in [-0.39, 0.29) is 18.8 Å². The average molecular weight is 277 g/mol. The van der Waals surface area contributed by atoms with Crippen molar-refractivity contribution in [2.24, 2.45) is 0 Å². The zero-order chi connectivity index (χ0) is 14.7. The number of aryl methyl sites for hydroxylation is 2. The molecule has 0 saturated carbocycles. The predicted octanol–water partition coefficient (Wildman–Crippen LogP) is 0.336. The molecular formula is C12H15N5O3. The van der Waals surface area contributed by atoms with Gasteiger partial charge in [-0.25, -0.2) is 9.50 Å². The van der Waals surface area contributed by atoms with Crippen molar-refractivity contribution < 1.29 is 14.7 Å². The number of nitrogens with zero attached hydrogens (tertiary/aromatic N) is 4. The van der Waals surface area contributed by atoms with Crippen LogP contribution in [0.25, 0.3) is 5.78 Å². The molecular weight excluding hydrogens is 262 g/mol. The summed E-state index contributed by atoms with van der Waals surface area (Å²) >= 11 is 0. The van der Waals surface area contributed by atoms with Gasteiger partial charge < -0.3 is 10.4 Å². The fourth-order valence-electron chi connectivity index (χ4n) is 1.78. The molecule has 0 atom stereocenters. The summed E-state index contributed by atoms with van der Waals surface area (Å²) in [5.74, 6) is -0.918. The normalized spacial score (nSPS) is 10.7. The van der Waals surface area contributed by atoms with Crippen molar-refractivity contribution in [3.05, 3.63) is 23.3 Å². The van der Waals surface area contributed by atoms with Crippen LogP contribution in [0.5, 0.6) is 0 Å². The smallest absolute Gasteiger partial charge is 0.303 e. The van der Waals surface area contributed by atoms with Gasteiger partial charge in [0, 0.05) is 24.4 Å². The number of carboxylic acid groups (broad SMARTS) is 1. The number of hydrogen-bond donors (Lipinski definition) is 2. The molecule has 8 heteroatoms. The second-order valence-corrected chi connectivity index (χ2v) is 4.44. The number of carbonyl (C=O) groups excluding carboxylic acids is 1. The van der Waals surface area contributed by atoms with Crippen LogP contribution in [-0.2, 0) is 4.79 Å². The van der Waals surface area contributed by atoms with E-state index in [4.69, 9.17) is 5.11 Å². The molecule has 1 amide bonds. The van der Waals surface area contributed by atoms with E-state index in [0.717, 1.165) is 11.4 Å². The molecule has 0 aliphatic heterocycles. The Hall–Kier alpha value is -2.51. The highest BCUT2D eigenvalue weighted by atomic mass is 16.4. The first-order chi connectivity index (χ1) is 9.47. The third kappa shape index (κ3) is 3.08. The van der Waals surface area contributed by atoms with Crippen molar-refractivity contribution in [3.8, 4) is 0 Å². The largest absolute Gasteiger partial charge is 0.481 e. The second-order valence-electron chi connectivity index (χ2n) is 4.44. The van der Waals surface area contributed by atoms with Gasteiger partial charge in [-0.3, -0.25) is 9.59 Å². The Balaban J connectivity index is 2.07. The molecule has 0 aromatic carbocycles. The molecule has 0 fully saturated rings. The Labute approximate surface area is 114 Å². The van der Waals surface area contributed by atoms with Crippen molar-refractivity contribution in [2.75, 3.05) is 6.54 Å². The Bertz CT molecular complexity index is 664. The number of nitrogens with one attached hydrogen (secondary N) is 1. The zero-order valence-electron chi connectivity index (χ0n) is 11.3. The number of carbonyl (C=O) groups is 2. The van der Waals surface area contributed by atoms with Gasteiger partial charge in [-0.05, 0) is 26.3 Å². The topological polar surface area (TPSA) is 109 Å². The van der Waals surface area contributed by atoms with Crippen LogP contribution >= 0.6 is 0 Å². The van der Waals surface area contributed by atoms with E-state index in [1.165, 1.54) is 4.52 Å². The van der Waals surface area contributed by atoms with Crippen LogP contribution in [0.2, 0.25) is 0 Å². The summed E-state index contributed by atoms with van der Waals surface area (Å²) in [5.41, 5.74) is 1.64. The number of amides is 1. The van der Waals surface area contributed by atoms with Gasteiger partial charge in [0.15, 0.2) is 0 Å². The molecule has 0 unspecified atom stereocenters. The first kappa shape index (κ1) is 13.9. The summed E-state index contributed by atoms with van der Waals surface area (Å²) < 4.78 is 1.50. The quantitative estimate of drug-likeness (QED) is 0.762. The number of carboxylic acids is 1. The number of aliphatic carboxylic acids is 1. The van der Waals surface area contributed by atoms with E-state index >= 15 is 0 Å². The summed E-state index contributed by atoms with van der Waals surface area (Å²) in [6, 6.07) is 1.84. The molecule has 8 nitrogen and oxygen atoms in total. The number of hydrogen-bond acceptors (Lipinski definition) is 5. The first-order valence-corrected chi connectivity index (χ1v) is 6.18. The fraction of sp³-hybridized carbons (Fsp3) is 0.417. The maximum atomic E-state index is 11.8. The van der Waals surface area contributed by atoms with Gasteiger partial charge in [-0.1, -0.05) is 0 Å². The summed E-state index contributed by atoms with van der Waals surface area (Å²) in [7, 11) is 0. The van der Waals surface area contributed by atoms with Crippen LogP contribution < -0.4 is 5.32 Å². The molecule has 0 bridgehead atoms. The van der Waals surface area contributed by atoms with Gasteiger partial charge >= 0.3 is 5.97 Å². The molecule has 2 aromatic heterocycles. The summed E-state index contributed by atoms with van der Waals surface area (Å²) in [6.45, 7) is 3.96. The van der Waals surface area contributed by atoms with Crippen molar-refractivity contribution in [2.45, 2.75) is 26.7 Å². The highest BCUT2D eigenvalue weighted by Crippen LogP contribution is 2.05. The molecule has 2 aromatic rings. The summed E-state index contributed by atoms with van der Waals surface area (Å²) in [4.78, 5) is 30.4. The van der Waals surface area contributed by atoms with Crippen LogP contribution in [-0.4, -0.2) is 43.1 Å². The SMILES string of the molecule is Cc1cc(C)n2nc(C(=O)NCCCC(=O)O)nc2n1. The van der Waals surface area contributed by atoms with E-state index in [9.17, 15) is 9.59 Å². The molecule has 2 N–H and O–H groups in total. The number of aromatic nitrogens is 4. The molecule has 0 radical (unpaired) electrons. The van der Waals surface area contributed by atoms with Gasteiger partial charge in [0.1, 0.15) is 0 Å². The molecule has 106 valence electrons. The number of rotatable bonds is 5. The van der Waals surface area contributed by atoms with Crippen molar-refractivity contribution in [3.63, 3.8) is 0 Å². The minimum Gasteiger partial charge on any atom is -0.481 e. The molecule has 0 saturated heterocycles. The summed E-state index contributed by atoms with van der Waals surface area (Å²) in [6.07, 6.45) is 0.379. The predicted molar refractivity (Wildman–Crippen MR) is 69.5 cm³/mol. The lowest BCUT2D eigenvalue weighted by Gasteiger charge is -1.99. The molecule has 2 rings (SSSR count). The molecule has 2 heterocycles. The van der Waals surface area contributed by atoms with Crippen molar-refractivity contribution in [1.82, 2.24) is 24.9 Å². The maximum Gasteiger partial charge on any atom is 0.303 e.